The van der Waals surface area contributed by atoms with E-state index in [0.717, 1.165) is 49.5 Å². The predicted molar refractivity (Wildman–Crippen MR) is 134 cm³/mol. The molecule has 0 atom stereocenters. The molecule has 2 aromatic carbocycles. The van der Waals surface area contributed by atoms with Gasteiger partial charge in [0.2, 0.25) is 0 Å². The Morgan fingerprint density at radius 3 is 2.09 bits per heavy atom. The molecule has 0 amide bonds. The number of carbonyl (C=O) groups excluding carboxylic acids is 1. The second-order valence-corrected chi connectivity index (χ2v) is 9.69. The molecule has 5 rings (SSSR count). The summed E-state index contributed by atoms with van der Waals surface area (Å²) in [7, 11) is 0. The standard InChI is InChI=1S/C26H29BrN4O2/c1-2-30-22(24(27)25(33)31(30)21-11-7-4-8-12-21)19-28-17-14-26(15-18-28)23(32)13-16-29(26)20-9-5-3-6-10-20/h3-12H,2,13-19H2,1H3. The van der Waals surface area contributed by atoms with Crippen LogP contribution in [0.1, 0.15) is 31.9 Å². The number of hydrogen-bond donors (Lipinski definition) is 0. The summed E-state index contributed by atoms with van der Waals surface area (Å²) in [5, 5.41) is 0. The van der Waals surface area contributed by atoms with Crippen LogP contribution in [0.2, 0.25) is 0 Å². The van der Waals surface area contributed by atoms with Gasteiger partial charge in [0, 0.05) is 44.8 Å². The molecule has 1 spiro atoms. The molecular formula is C26H29BrN4O2. The molecule has 0 aliphatic carbocycles. The first-order chi connectivity index (χ1) is 16.0. The zero-order valence-corrected chi connectivity index (χ0v) is 20.5. The third-order valence-corrected chi connectivity index (χ3v) is 8.01. The van der Waals surface area contributed by atoms with E-state index in [1.807, 2.05) is 48.5 Å². The summed E-state index contributed by atoms with van der Waals surface area (Å²) >= 11 is 3.58. The molecule has 3 heterocycles. The number of halogens is 1. The summed E-state index contributed by atoms with van der Waals surface area (Å²) in [5.74, 6) is 0.368. The van der Waals surface area contributed by atoms with Crippen LogP contribution >= 0.6 is 15.9 Å². The molecule has 172 valence electrons. The lowest BCUT2D eigenvalue weighted by atomic mass is 9.83. The van der Waals surface area contributed by atoms with Crippen LogP contribution in [0, 0.1) is 0 Å². The first-order valence-electron chi connectivity index (χ1n) is 11.7. The number of piperidine rings is 1. The number of aromatic nitrogens is 2. The fraction of sp³-hybridized carbons (Fsp3) is 0.385. The summed E-state index contributed by atoms with van der Waals surface area (Å²) in [6.45, 7) is 5.90. The van der Waals surface area contributed by atoms with Crippen molar-refractivity contribution in [1.29, 1.82) is 0 Å². The van der Waals surface area contributed by atoms with E-state index in [-0.39, 0.29) is 5.56 Å². The monoisotopic (exact) mass is 508 g/mol. The number of ketones is 1. The van der Waals surface area contributed by atoms with Crippen LogP contribution in [0.5, 0.6) is 0 Å². The fourth-order valence-electron chi connectivity index (χ4n) is 5.51. The minimum absolute atomic E-state index is 0.0345. The van der Waals surface area contributed by atoms with Gasteiger partial charge in [0.15, 0.2) is 5.78 Å². The van der Waals surface area contributed by atoms with Gasteiger partial charge in [0.25, 0.3) is 5.56 Å². The molecule has 2 aliphatic rings. The summed E-state index contributed by atoms with van der Waals surface area (Å²) in [4.78, 5) is 30.8. The van der Waals surface area contributed by atoms with Gasteiger partial charge in [-0.3, -0.25) is 19.2 Å². The molecule has 2 fully saturated rings. The maximum atomic E-state index is 13.1. The highest BCUT2D eigenvalue weighted by molar-refractivity contribution is 9.10. The minimum atomic E-state index is -0.393. The Bertz CT molecular complexity index is 1190. The molecule has 3 aromatic rings. The molecule has 7 heteroatoms. The van der Waals surface area contributed by atoms with E-state index in [0.29, 0.717) is 29.8 Å². The Morgan fingerprint density at radius 2 is 1.48 bits per heavy atom. The van der Waals surface area contributed by atoms with E-state index in [1.54, 1.807) is 4.68 Å². The van der Waals surface area contributed by atoms with Crippen molar-refractivity contribution in [1.82, 2.24) is 14.3 Å². The van der Waals surface area contributed by atoms with E-state index >= 15 is 0 Å². The van der Waals surface area contributed by atoms with Crippen molar-refractivity contribution in [2.45, 2.75) is 44.8 Å². The Kier molecular flexibility index (Phi) is 6.01. The van der Waals surface area contributed by atoms with Crippen molar-refractivity contribution in [3.8, 4) is 5.69 Å². The smallest absolute Gasteiger partial charge is 0.286 e. The van der Waals surface area contributed by atoms with E-state index in [1.165, 1.54) is 0 Å². The Balaban J connectivity index is 1.38. The topological polar surface area (TPSA) is 50.5 Å². The van der Waals surface area contributed by atoms with E-state index in [2.05, 4.69) is 49.5 Å². The third kappa shape index (κ3) is 3.77. The van der Waals surface area contributed by atoms with Gasteiger partial charge in [-0.05, 0) is 60.0 Å². The minimum Gasteiger partial charge on any atom is -0.358 e. The van der Waals surface area contributed by atoms with Crippen LogP contribution in [0.15, 0.2) is 69.9 Å². The molecule has 0 N–H and O–H groups in total. The molecule has 0 saturated carbocycles. The number of rotatable bonds is 5. The van der Waals surface area contributed by atoms with Gasteiger partial charge >= 0.3 is 0 Å². The van der Waals surface area contributed by atoms with Crippen molar-refractivity contribution in [2.75, 3.05) is 24.5 Å². The number of likely N-dealkylation sites (tertiary alicyclic amines) is 1. The van der Waals surface area contributed by atoms with Crippen molar-refractivity contribution >= 4 is 27.4 Å². The second-order valence-electron chi connectivity index (χ2n) is 8.90. The second kappa shape index (κ2) is 8.95. The summed E-state index contributed by atoms with van der Waals surface area (Å²) in [5.41, 5.74) is 2.56. The quantitative estimate of drug-likeness (QED) is 0.517. The van der Waals surface area contributed by atoms with Crippen molar-refractivity contribution < 1.29 is 4.79 Å². The van der Waals surface area contributed by atoms with Crippen molar-refractivity contribution in [2.24, 2.45) is 0 Å². The lowest BCUT2D eigenvalue weighted by Crippen LogP contribution is -2.55. The van der Waals surface area contributed by atoms with Gasteiger partial charge < -0.3 is 4.90 Å². The molecule has 1 aromatic heterocycles. The normalized spacial score (nSPS) is 18.4. The van der Waals surface area contributed by atoms with E-state index < -0.39 is 5.54 Å². The van der Waals surface area contributed by atoms with Crippen molar-refractivity contribution in [3.63, 3.8) is 0 Å². The number of hydrogen-bond acceptors (Lipinski definition) is 4. The summed E-state index contributed by atoms with van der Waals surface area (Å²) < 4.78 is 4.43. The number of Topliss-reactive ketones (excluding diaryl/α,β-unsaturated/α-hetero) is 1. The number of benzene rings is 2. The Morgan fingerprint density at radius 1 is 0.879 bits per heavy atom. The highest BCUT2D eigenvalue weighted by Crippen LogP contribution is 2.39. The molecule has 0 bridgehead atoms. The largest absolute Gasteiger partial charge is 0.358 e. The number of para-hydroxylation sites is 2. The molecule has 0 radical (unpaired) electrons. The molecule has 2 aliphatic heterocycles. The summed E-state index contributed by atoms with van der Waals surface area (Å²) in [6, 6.07) is 20.1. The maximum Gasteiger partial charge on any atom is 0.286 e. The van der Waals surface area contributed by atoms with Crippen LogP contribution in [0.4, 0.5) is 5.69 Å². The number of nitrogens with zero attached hydrogens (tertiary/aromatic N) is 4. The number of anilines is 1. The van der Waals surface area contributed by atoms with Gasteiger partial charge in [0.1, 0.15) is 10.0 Å². The van der Waals surface area contributed by atoms with Crippen LogP contribution in [-0.2, 0) is 17.9 Å². The van der Waals surface area contributed by atoms with Gasteiger partial charge in [-0.25, -0.2) is 4.68 Å². The average molecular weight is 509 g/mol. The van der Waals surface area contributed by atoms with Crippen LogP contribution in [0.25, 0.3) is 5.69 Å². The van der Waals surface area contributed by atoms with Gasteiger partial charge in [0.05, 0.1) is 11.4 Å². The fourth-order valence-corrected chi connectivity index (χ4v) is 6.00. The highest BCUT2D eigenvalue weighted by Gasteiger charge is 2.49. The van der Waals surface area contributed by atoms with Crippen molar-refractivity contribution in [3.05, 3.63) is 81.2 Å². The molecule has 6 nitrogen and oxygen atoms in total. The van der Waals surface area contributed by atoms with Gasteiger partial charge in [-0.15, -0.1) is 0 Å². The van der Waals surface area contributed by atoms with E-state index in [4.69, 9.17) is 0 Å². The SMILES string of the molecule is CCn1c(CN2CCC3(CC2)C(=O)CCN3c2ccccc2)c(Br)c(=O)n1-c1ccccc1. The van der Waals surface area contributed by atoms with Gasteiger partial charge in [-0.2, -0.15) is 0 Å². The molecular weight excluding hydrogens is 480 g/mol. The lowest BCUT2D eigenvalue weighted by molar-refractivity contribution is -0.123. The average Bonchev–Trinajstić information content (AvgIpc) is 3.30. The maximum absolute atomic E-state index is 13.1. The van der Waals surface area contributed by atoms with Crippen LogP contribution in [0.3, 0.4) is 0 Å². The highest BCUT2D eigenvalue weighted by atomic mass is 79.9. The first kappa shape index (κ1) is 22.2. The Hall–Kier alpha value is -2.64. The zero-order chi connectivity index (χ0) is 23.0. The summed E-state index contributed by atoms with van der Waals surface area (Å²) in [6.07, 6.45) is 2.25. The van der Waals surface area contributed by atoms with Crippen LogP contribution in [-0.4, -0.2) is 45.2 Å². The number of carbonyl (C=O) groups is 1. The Labute approximate surface area is 202 Å². The molecule has 33 heavy (non-hydrogen) atoms. The first-order valence-corrected chi connectivity index (χ1v) is 12.5. The van der Waals surface area contributed by atoms with Gasteiger partial charge in [-0.1, -0.05) is 36.4 Å². The van der Waals surface area contributed by atoms with E-state index in [9.17, 15) is 9.59 Å². The van der Waals surface area contributed by atoms with Crippen LogP contribution < -0.4 is 10.5 Å². The lowest BCUT2D eigenvalue weighted by Gasteiger charge is -2.44. The molecule has 0 unspecified atom stereocenters. The third-order valence-electron chi connectivity index (χ3n) is 7.21. The molecule has 2 saturated heterocycles. The predicted octanol–water partition coefficient (Wildman–Crippen LogP) is 4.24. The zero-order valence-electron chi connectivity index (χ0n) is 18.9.